The second kappa shape index (κ2) is 7.50. The molecule has 1 saturated carbocycles. The van der Waals surface area contributed by atoms with Crippen LogP contribution in [-0.4, -0.2) is 65.7 Å². The SMILES string of the molecule is Cc1nc2sc(C(=O)NC3COc4nc(N5CC(N)C6(C5)OCC5(CC5)O6)ccc4C3)c(N)c2s1. The fourth-order valence-electron chi connectivity index (χ4n) is 5.16. The molecule has 12 heteroatoms. The molecule has 7 rings (SSSR count). The molecular formula is C23H26N6O4S2. The summed E-state index contributed by atoms with van der Waals surface area (Å²) < 4.78 is 19.2. The molecule has 3 fully saturated rings. The Hall–Kier alpha value is -2.51. The number of aryl methyl sites for hydroxylation is 1. The number of hydrogen-bond donors (Lipinski definition) is 3. The van der Waals surface area contributed by atoms with Gasteiger partial charge in [0.2, 0.25) is 11.7 Å². The number of pyridine rings is 1. The van der Waals surface area contributed by atoms with Gasteiger partial charge in [-0.15, -0.1) is 22.7 Å². The van der Waals surface area contributed by atoms with E-state index < -0.39 is 5.79 Å². The number of ether oxygens (including phenoxy) is 3. The molecular weight excluding hydrogens is 488 g/mol. The van der Waals surface area contributed by atoms with Gasteiger partial charge in [-0.3, -0.25) is 4.79 Å². The van der Waals surface area contributed by atoms with Crippen molar-refractivity contribution in [3.05, 3.63) is 27.6 Å². The van der Waals surface area contributed by atoms with Gasteiger partial charge in [0, 0.05) is 18.5 Å². The van der Waals surface area contributed by atoms with E-state index in [9.17, 15) is 4.79 Å². The lowest BCUT2D eigenvalue weighted by Gasteiger charge is -2.28. The van der Waals surface area contributed by atoms with Gasteiger partial charge in [0.1, 0.15) is 22.1 Å². The number of amides is 1. The maximum atomic E-state index is 12.9. The van der Waals surface area contributed by atoms with E-state index in [0.29, 0.717) is 49.2 Å². The molecule has 3 atom stereocenters. The first kappa shape index (κ1) is 21.7. The van der Waals surface area contributed by atoms with Crippen LogP contribution < -0.4 is 26.4 Å². The third-order valence-corrected chi connectivity index (χ3v) is 9.47. The van der Waals surface area contributed by atoms with Crippen molar-refractivity contribution in [2.24, 2.45) is 5.73 Å². The molecule has 5 N–H and O–H groups in total. The first-order valence-electron chi connectivity index (χ1n) is 11.8. The molecule has 1 aliphatic carbocycles. The smallest absolute Gasteiger partial charge is 0.263 e. The normalized spacial score (nSPS) is 28.6. The number of nitrogens with two attached hydrogens (primary N) is 2. The largest absolute Gasteiger partial charge is 0.475 e. The molecule has 2 saturated heterocycles. The van der Waals surface area contributed by atoms with Gasteiger partial charge in [0.15, 0.2) is 0 Å². The minimum atomic E-state index is -0.753. The van der Waals surface area contributed by atoms with Gasteiger partial charge in [-0.25, -0.2) is 4.98 Å². The van der Waals surface area contributed by atoms with Crippen molar-refractivity contribution in [1.29, 1.82) is 0 Å². The van der Waals surface area contributed by atoms with Crippen molar-refractivity contribution >= 4 is 49.6 Å². The summed E-state index contributed by atoms with van der Waals surface area (Å²) in [7, 11) is 0. The number of hydrogen-bond acceptors (Lipinski definition) is 11. The molecule has 0 radical (unpaired) electrons. The second-order valence-electron chi connectivity index (χ2n) is 9.90. The van der Waals surface area contributed by atoms with Crippen LogP contribution in [-0.2, 0) is 15.9 Å². The molecule has 3 aromatic rings. The van der Waals surface area contributed by atoms with Crippen LogP contribution in [0, 0.1) is 6.92 Å². The quantitative estimate of drug-likeness (QED) is 0.478. The number of carbonyl (C=O) groups excluding carboxylic acids is 1. The highest BCUT2D eigenvalue weighted by Crippen LogP contribution is 2.51. The summed E-state index contributed by atoms with van der Waals surface area (Å²) in [6, 6.07) is 3.57. The van der Waals surface area contributed by atoms with Gasteiger partial charge in [-0.05, 0) is 31.9 Å². The zero-order valence-corrected chi connectivity index (χ0v) is 20.8. The molecule has 6 heterocycles. The summed E-state index contributed by atoms with van der Waals surface area (Å²) in [5.41, 5.74) is 14.0. The fraction of sp³-hybridized carbons (Fsp3) is 0.522. The molecule has 10 nitrogen and oxygen atoms in total. The second-order valence-corrected chi connectivity index (χ2v) is 12.1. The lowest BCUT2D eigenvalue weighted by molar-refractivity contribution is -0.163. The van der Waals surface area contributed by atoms with Crippen LogP contribution in [0.3, 0.4) is 0 Å². The Bertz CT molecular complexity index is 1350. The van der Waals surface area contributed by atoms with E-state index in [4.69, 9.17) is 30.7 Å². The van der Waals surface area contributed by atoms with Crippen LogP contribution in [0.2, 0.25) is 0 Å². The third kappa shape index (κ3) is 3.50. The zero-order chi connectivity index (χ0) is 23.9. The van der Waals surface area contributed by atoms with E-state index in [1.54, 1.807) is 0 Å². The number of rotatable bonds is 3. The predicted octanol–water partition coefficient (Wildman–Crippen LogP) is 1.80. The number of nitrogen functional groups attached to an aromatic ring is 1. The highest BCUT2D eigenvalue weighted by Gasteiger charge is 2.62. The first-order chi connectivity index (χ1) is 16.8. The Morgan fingerprint density at radius 1 is 1.29 bits per heavy atom. The molecule has 0 bridgehead atoms. The maximum Gasteiger partial charge on any atom is 0.263 e. The van der Waals surface area contributed by atoms with Crippen molar-refractivity contribution in [3.63, 3.8) is 0 Å². The maximum absolute atomic E-state index is 12.9. The highest BCUT2D eigenvalue weighted by molar-refractivity contribution is 7.29. The molecule has 2 spiro atoms. The van der Waals surface area contributed by atoms with Crippen LogP contribution in [0.4, 0.5) is 11.5 Å². The predicted molar refractivity (Wildman–Crippen MR) is 133 cm³/mol. The van der Waals surface area contributed by atoms with Crippen molar-refractivity contribution < 1.29 is 19.0 Å². The Labute approximate surface area is 209 Å². The third-order valence-electron chi connectivity index (χ3n) is 7.24. The van der Waals surface area contributed by atoms with Gasteiger partial charge in [-0.2, -0.15) is 4.98 Å². The number of thiazole rings is 1. The molecule has 4 aliphatic rings. The zero-order valence-electron chi connectivity index (χ0n) is 19.2. The molecule has 184 valence electrons. The van der Waals surface area contributed by atoms with Crippen molar-refractivity contribution in [1.82, 2.24) is 15.3 Å². The molecule has 3 aliphatic heterocycles. The minimum Gasteiger partial charge on any atom is -0.475 e. The Balaban J connectivity index is 1.03. The summed E-state index contributed by atoms with van der Waals surface area (Å²) in [6.45, 7) is 4.05. The molecule has 1 amide bonds. The fourth-order valence-corrected chi connectivity index (χ4v) is 7.25. The topological polar surface area (TPSA) is 138 Å². The van der Waals surface area contributed by atoms with Crippen LogP contribution in [0.15, 0.2) is 12.1 Å². The summed E-state index contributed by atoms with van der Waals surface area (Å²) in [5.74, 6) is 0.428. The molecule has 3 aromatic heterocycles. The van der Waals surface area contributed by atoms with Crippen LogP contribution in [0.5, 0.6) is 5.88 Å². The van der Waals surface area contributed by atoms with E-state index in [1.165, 1.54) is 22.7 Å². The van der Waals surface area contributed by atoms with Crippen molar-refractivity contribution in [2.45, 2.75) is 49.7 Å². The molecule has 35 heavy (non-hydrogen) atoms. The van der Waals surface area contributed by atoms with E-state index in [0.717, 1.165) is 38.8 Å². The van der Waals surface area contributed by atoms with E-state index >= 15 is 0 Å². The van der Waals surface area contributed by atoms with Gasteiger partial charge in [-0.1, -0.05) is 0 Å². The Morgan fingerprint density at radius 3 is 2.91 bits per heavy atom. The molecule has 0 aromatic carbocycles. The highest BCUT2D eigenvalue weighted by atomic mass is 32.1. The average Bonchev–Trinajstić information content (AvgIpc) is 3.07. The van der Waals surface area contributed by atoms with Crippen LogP contribution in [0.25, 0.3) is 9.53 Å². The monoisotopic (exact) mass is 514 g/mol. The number of anilines is 2. The van der Waals surface area contributed by atoms with Gasteiger partial charge in [0.05, 0.1) is 46.2 Å². The Kier molecular flexibility index (Phi) is 4.66. The standard InChI is InChI=1S/C23H26N6O4S2/c1-11-26-21-18(34-11)16(25)17(35-21)19(30)27-13-6-12-2-3-15(28-20(12)31-8-13)29-7-14(24)23(9-29)32-10-22(33-23)4-5-22/h2-3,13-14H,4-10,24-25H2,1H3,(H,27,30). The lowest BCUT2D eigenvalue weighted by atomic mass is 10.1. The number of thiophene rings is 1. The van der Waals surface area contributed by atoms with Crippen LogP contribution in [0.1, 0.15) is 33.1 Å². The minimum absolute atomic E-state index is 0.113. The van der Waals surface area contributed by atoms with Gasteiger partial charge < -0.3 is 35.9 Å². The first-order valence-corrected chi connectivity index (χ1v) is 13.4. The van der Waals surface area contributed by atoms with Crippen molar-refractivity contribution in [3.8, 4) is 5.88 Å². The number of nitrogens with zero attached hydrogens (tertiary/aromatic N) is 3. The average molecular weight is 515 g/mol. The summed E-state index contributed by atoms with van der Waals surface area (Å²) >= 11 is 2.84. The van der Waals surface area contributed by atoms with E-state index in [1.807, 2.05) is 19.1 Å². The van der Waals surface area contributed by atoms with E-state index in [2.05, 4.69) is 15.2 Å². The van der Waals surface area contributed by atoms with Gasteiger partial charge >= 0.3 is 0 Å². The summed E-state index contributed by atoms with van der Waals surface area (Å²) in [6.07, 6.45) is 2.71. The van der Waals surface area contributed by atoms with E-state index in [-0.39, 0.29) is 23.6 Å². The molecule has 3 unspecified atom stereocenters. The number of fused-ring (bicyclic) bond motifs is 2. The van der Waals surface area contributed by atoms with Crippen molar-refractivity contribution in [2.75, 3.05) is 36.9 Å². The van der Waals surface area contributed by atoms with Gasteiger partial charge in [0.25, 0.3) is 5.91 Å². The van der Waals surface area contributed by atoms with Crippen LogP contribution >= 0.6 is 22.7 Å². The number of carbonyl (C=O) groups is 1. The lowest BCUT2D eigenvalue weighted by Crippen LogP contribution is -2.48. The Morgan fingerprint density at radius 2 is 2.14 bits per heavy atom. The number of nitrogens with one attached hydrogen (secondary N) is 1. The summed E-state index contributed by atoms with van der Waals surface area (Å²) in [4.78, 5) is 25.5. The number of aromatic nitrogens is 2. The summed E-state index contributed by atoms with van der Waals surface area (Å²) in [5, 5.41) is 4.00.